The zero-order chi connectivity index (χ0) is 14.5. The molecule has 4 nitrogen and oxygen atoms in total. The minimum atomic E-state index is -0.215. The number of hydrogen-bond donors (Lipinski definition) is 2. The molecule has 0 aliphatic heterocycles. The van der Waals surface area contributed by atoms with E-state index >= 15 is 0 Å². The van der Waals surface area contributed by atoms with E-state index in [2.05, 4.69) is 0 Å². The number of hydrogen-bond acceptors (Lipinski definition) is 4. The Labute approximate surface area is 116 Å². The molecule has 0 amide bonds. The van der Waals surface area contributed by atoms with E-state index in [1.54, 1.807) is 30.3 Å². The Morgan fingerprint density at radius 2 is 1.95 bits per heavy atom. The largest absolute Gasteiger partial charge is 0.508 e. The Morgan fingerprint density at radius 1 is 1.15 bits per heavy atom. The maximum atomic E-state index is 11.9. The number of carbonyl (C=O) groups excluding carboxylic acids is 1. The Morgan fingerprint density at radius 3 is 2.65 bits per heavy atom. The molecule has 2 rings (SSSR count). The lowest BCUT2D eigenvalue weighted by Gasteiger charge is -2.03. The molecule has 2 aromatic carbocycles. The van der Waals surface area contributed by atoms with E-state index in [9.17, 15) is 15.0 Å². The molecule has 0 unspecified atom stereocenters. The van der Waals surface area contributed by atoms with Crippen molar-refractivity contribution < 1.29 is 19.7 Å². The van der Waals surface area contributed by atoms with Crippen molar-refractivity contribution >= 4 is 11.9 Å². The van der Waals surface area contributed by atoms with Crippen LogP contribution in [0.25, 0.3) is 6.08 Å². The summed E-state index contributed by atoms with van der Waals surface area (Å²) in [5, 5.41) is 18.8. The zero-order valence-corrected chi connectivity index (χ0v) is 10.9. The molecule has 2 aromatic rings. The standard InChI is InChI=1S/C16H14O4/c1-20-16-9-11(6-8-15(16)19)5-7-14(18)12-3-2-4-13(17)10-12/h2-10,17,19H,1H3. The van der Waals surface area contributed by atoms with Crippen molar-refractivity contribution in [1.29, 1.82) is 0 Å². The number of methoxy groups -OCH3 is 1. The topological polar surface area (TPSA) is 66.8 Å². The second-order valence-electron chi connectivity index (χ2n) is 4.18. The molecule has 0 bridgehead atoms. The number of phenolic OH excluding ortho intramolecular Hbond substituents is 2. The molecule has 0 spiro atoms. The number of allylic oxidation sites excluding steroid dienone is 1. The van der Waals surface area contributed by atoms with Gasteiger partial charge in [-0.2, -0.15) is 0 Å². The van der Waals surface area contributed by atoms with Gasteiger partial charge in [-0.1, -0.05) is 24.3 Å². The number of benzene rings is 2. The first-order chi connectivity index (χ1) is 9.60. The molecule has 102 valence electrons. The van der Waals surface area contributed by atoms with Gasteiger partial charge < -0.3 is 14.9 Å². The first-order valence-electron chi connectivity index (χ1n) is 5.98. The molecular formula is C16H14O4. The Bertz CT molecular complexity index is 659. The third-order valence-corrected chi connectivity index (χ3v) is 2.76. The van der Waals surface area contributed by atoms with Crippen LogP contribution in [0.2, 0.25) is 0 Å². The first-order valence-corrected chi connectivity index (χ1v) is 5.98. The van der Waals surface area contributed by atoms with Crippen molar-refractivity contribution in [3.8, 4) is 17.2 Å². The van der Waals surface area contributed by atoms with Crippen molar-refractivity contribution in [3.63, 3.8) is 0 Å². The summed E-state index contributed by atoms with van der Waals surface area (Å²) >= 11 is 0. The quantitative estimate of drug-likeness (QED) is 0.662. The molecular weight excluding hydrogens is 256 g/mol. The van der Waals surface area contributed by atoms with Gasteiger partial charge in [-0.3, -0.25) is 4.79 Å². The van der Waals surface area contributed by atoms with Crippen LogP contribution in [-0.2, 0) is 0 Å². The average Bonchev–Trinajstić information content (AvgIpc) is 2.46. The lowest BCUT2D eigenvalue weighted by molar-refractivity contribution is 0.104. The van der Waals surface area contributed by atoms with Gasteiger partial charge in [0.2, 0.25) is 0 Å². The maximum Gasteiger partial charge on any atom is 0.185 e. The van der Waals surface area contributed by atoms with Gasteiger partial charge >= 0.3 is 0 Å². The lowest BCUT2D eigenvalue weighted by Crippen LogP contribution is -1.93. The van der Waals surface area contributed by atoms with Crippen molar-refractivity contribution in [2.24, 2.45) is 0 Å². The highest BCUT2D eigenvalue weighted by atomic mass is 16.5. The van der Waals surface area contributed by atoms with Crippen LogP contribution in [0.4, 0.5) is 0 Å². The summed E-state index contributed by atoms with van der Waals surface area (Å²) in [5.74, 6) is 0.226. The highest BCUT2D eigenvalue weighted by Crippen LogP contribution is 2.26. The Balaban J connectivity index is 2.19. The fourth-order valence-corrected chi connectivity index (χ4v) is 1.73. The van der Waals surface area contributed by atoms with Crippen LogP contribution in [0.15, 0.2) is 48.5 Å². The smallest absolute Gasteiger partial charge is 0.185 e. The fraction of sp³-hybridized carbons (Fsp3) is 0.0625. The van der Waals surface area contributed by atoms with Gasteiger partial charge in [0.05, 0.1) is 7.11 Å². The summed E-state index contributed by atoms with van der Waals surface area (Å²) in [5.41, 5.74) is 1.14. The van der Waals surface area contributed by atoms with Gasteiger partial charge in [0.1, 0.15) is 5.75 Å². The van der Waals surface area contributed by atoms with Crippen molar-refractivity contribution in [2.45, 2.75) is 0 Å². The van der Waals surface area contributed by atoms with Crippen molar-refractivity contribution in [1.82, 2.24) is 0 Å². The minimum Gasteiger partial charge on any atom is -0.508 e. The summed E-state index contributed by atoms with van der Waals surface area (Å²) in [6, 6.07) is 10.9. The van der Waals surface area contributed by atoms with Gasteiger partial charge in [-0.05, 0) is 35.9 Å². The summed E-state index contributed by atoms with van der Waals surface area (Å²) in [4.78, 5) is 11.9. The fourth-order valence-electron chi connectivity index (χ4n) is 1.73. The van der Waals surface area contributed by atoms with Crippen LogP contribution in [0, 0.1) is 0 Å². The van der Waals surface area contributed by atoms with Crippen LogP contribution >= 0.6 is 0 Å². The normalized spacial score (nSPS) is 10.7. The number of phenols is 2. The Hall–Kier alpha value is -2.75. The number of carbonyl (C=O) groups is 1. The van der Waals surface area contributed by atoms with E-state index in [4.69, 9.17) is 4.74 Å². The van der Waals surface area contributed by atoms with Gasteiger partial charge in [0, 0.05) is 5.56 Å². The maximum absolute atomic E-state index is 11.9. The van der Waals surface area contributed by atoms with Crippen LogP contribution in [-0.4, -0.2) is 23.1 Å². The van der Waals surface area contributed by atoms with E-state index < -0.39 is 0 Å². The van der Waals surface area contributed by atoms with Crippen LogP contribution in [0.1, 0.15) is 15.9 Å². The minimum absolute atomic E-state index is 0.0453. The summed E-state index contributed by atoms with van der Waals surface area (Å²) in [7, 11) is 1.46. The second kappa shape index (κ2) is 5.93. The predicted octanol–water partition coefficient (Wildman–Crippen LogP) is 3.00. The number of ketones is 1. The predicted molar refractivity (Wildman–Crippen MR) is 76.1 cm³/mol. The van der Waals surface area contributed by atoms with E-state index in [0.717, 1.165) is 5.56 Å². The van der Waals surface area contributed by atoms with Crippen LogP contribution < -0.4 is 4.74 Å². The molecule has 0 heterocycles. The van der Waals surface area contributed by atoms with Gasteiger partial charge in [0.15, 0.2) is 17.3 Å². The molecule has 20 heavy (non-hydrogen) atoms. The molecule has 0 saturated heterocycles. The zero-order valence-electron chi connectivity index (χ0n) is 10.9. The number of rotatable bonds is 4. The number of ether oxygens (including phenoxy) is 1. The molecule has 4 heteroatoms. The molecule has 0 fully saturated rings. The van der Waals surface area contributed by atoms with Gasteiger partial charge in [-0.25, -0.2) is 0 Å². The Kier molecular flexibility index (Phi) is 4.05. The second-order valence-corrected chi connectivity index (χ2v) is 4.18. The third-order valence-electron chi connectivity index (χ3n) is 2.76. The molecule has 0 saturated carbocycles. The van der Waals surface area contributed by atoms with Crippen molar-refractivity contribution in [3.05, 3.63) is 59.7 Å². The average molecular weight is 270 g/mol. The van der Waals surface area contributed by atoms with E-state index in [-0.39, 0.29) is 17.3 Å². The van der Waals surface area contributed by atoms with Crippen molar-refractivity contribution in [2.75, 3.05) is 7.11 Å². The molecule has 2 N–H and O–H groups in total. The van der Waals surface area contributed by atoms with Gasteiger partial charge in [-0.15, -0.1) is 0 Å². The number of aromatic hydroxyl groups is 2. The van der Waals surface area contributed by atoms with Gasteiger partial charge in [0.25, 0.3) is 0 Å². The highest BCUT2D eigenvalue weighted by Gasteiger charge is 2.04. The third kappa shape index (κ3) is 3.17. The molecule has 0 aliphatic carbocycles. The van der Waals surface area contributed by atoms with E-state index in [1.165, 1.54) is 31.4 Å². The summed E-state index contributed by atoms with van der Waals surface area (Å²) in [6.45, 7) is 0. The van der Waals surface area contributed by atoms with Crippen LogP contribution in [0.3, 0.4) is 0 Å². The summed E-state index contributed by atoms with van der Waals surface area (Å²) in [6.07, 6.45) is 3.02. The highest BCUT2D eigenvalue weighted by molar-refractivity contribution is 6.07. The summed E-state index contributed by atoms with van der Waals surface area (Å²) < 4.78 is 4.99. The molecule has 0 atom stereocenters. The first kappa shape index (κ1) is 13.7. The van der Waals surface area contributed by atoms with Crippen LogP contribution in [0.5, 0.6) is 17.2 Å². The molecule has 0 aromatic heterocycles. The molecule has 0 aliphatic rings. The van der Waals surface area contributed by atoms with E-state index in [1.807, 2.05) is 0 Å². The SMILES string of the molecule is COc1cc(C=CC(=O)c2cccc(O)c2)ccc1O. The lowest BCUT2D eigenvalue weighted by atomic mass is 10.1. The monoisotopic (exact) mass is 270 g/mol. The molecule has 0 radical (unpaired) electrons. The van der Waals surface area contributed by atoms with E-state index in [0.29, 0.717) is 11.3 Å².